The summed E-state index contributed by atoms with van der Waals surface area (Å²) in [5.41, 5.74) is 0.284. The number of nitrogens with zero attached hydrogens (tertiary/aromatic N) is 2. The van der Waals surface area contributed by atoms with Gasteiger partial charge in [-0.3, -0.25) is 0 Å². The highest BCUT2D eigenvalue weighted by Crippen LogP contribution is 2.08. The molecule has 0 radical (unpaired) electrons. The molecule has 5 heteroatoms. The Labute approximate surface area is 107 Å². The van der Waals surface area contributed by atoms with Crippen molar-refractivity contribution in [2.45, 2.75) is 32.8 Å². The smallest absolute Gasteiger partial charge is 0.407 e. The van der Waals surface area contributed by atoms with Crippen LogP contribution in [0.4, 0.5) is 10.6 Å². The van der Waals surface area contributed by atoms with E-state index in [1.54, 1.807) is 12.1 Å². The SMILES string of the molecule is [C-]#[N+]c1cccc(CCNC(=O)OC(C)(C)C)n1. The second-order valence-electron chi connectivity index (χ2n) is 4.78. The fourth-order valence-electron chi connectivity index (χ4n) is 1.28. The number of hydrogen-bond acceptors (Lipinski definition) is 3. The van der Waals surface area contributed by atoms with E-state index in [1.165, 1.54) is 0 Å². The average molecular weight is 247 g/mol. The Balaban J connectivity index is 2.38. The van der Waals surface area contributed by atoms with Gasteiger partial charge in [-0.05, 0) is 32.9 Å². The molecule has 0 saturated carbocycles. The van der Waals surface area contributed by atoms with Crippen molar-refractivity contribution in [1.29, 1.82) is 0 Å². The van der Waals surface area contributed by atoms with E-state index in [1.807, 2.05) is 26.8 Å². The third kappa shape index (κ3) is 5.30. The normalized spacial score (nSPS) is 10.6. The molecule has 0 aliphatic carbocycles. The molecule has 1 aromatic heterocycles. The van der Waals surface area contributed by atoms with Gasteiger partial charge in [0.15, 0.2) is 0 Å². The molecule has 0 aliphatic rings. The van der Waals surface area contributed by atoms with Crippen LogP contribution < -0.4 is 5.32 Å². The molecule has 0 aliphatic heterocycles. The molecular formula is C13H17N3O2. The molecule has 0 unspecified atom stereocenters. The first-order chi connectivity index (χ1) is 8.40. The maximum atomic E-state index is 11.4. The Morgan fingerprint density at radius 1 is 1.50 bits per heavy atom. The minimum absolute atomic E-state index is 0.366. The predicted molar refractivity (Wildman–Crippen MR) is 68.4 cm³/mol. The van der Waals surface area contributed by atoms with Crippen molar-refractivity contribution in [2.24, 2.45) is 0 Å². The van der Waals surface area contributed by atoms with Gasteiger partial charge in [-0.1, -0.05) is 12.6 Å². The van der Waals surface area contributed by atoms with E-state index in [-0.39, 0.29) is 0 Å². The van der Waals surface area contributed by atoms with Crippen molar-refractivity contribution in [3.63, 3.8) is 0 Å². The van der Waals surface area contributed by atoms with Gasteiger partial charge in [0, 0.05) is 13.0 Å². The van der Waals surface area contributed by atoms with E-state index < -0.39 is 11.7 Å². The molecule has 1 amide bonds. The molecule has 0 saturated heterocycles. The summed E-state index contributed by atoms with van der Waals surface area (Å²) < 4.78 is 5.10. The molecule has 1 aromatic rings. The van der Waals surface area contributed by atoms with Crippen LogP contribution in [0, 0.1) is 6.57 Å². The Morgan fingerprint density at radius 3 is 2.83 bits per heavy atom. The van der Waals surface area contributed by atoms with Crippen LogP contribution in [0.2, 0.25) is 0 Å². The molecule has 0 spiro atoms. The molecule has 1 heterocycles. The van der Waals surface area contributed by atoms with Gasteiger partial charge in [-0.25, -0.2) is 4.79 Å². The van der Waals surface area contributed by atoms with Gasteiger partial charge >= 0.3 is 6.09 Å². The van der Waals surface area contributed by atoms with Crippen LogP contribution in [0.15, 0.2) is 18.2 Å². The predicted octanol–water partition coefficient (Wildman–Crippen LogP) is 2.70. The van der Waals surface area contributed by atoms with E-state index >= 15 is 0 Å². The van der Waals surface area contributed by atoms with E-state index in [2.05, 4.69) is 15.1 Å². The van der Waals surface area contributed by atoms with Gasteiger partial charge in [0.05, 0.1) is 0 Å². The number of amides is 1. The van der Waals surface area contributed by atoms with Crippen LogP contribution in [-0.4, -0.2) is 23.2 Å². The highest BCUT2D eigenvalue weighted by atomic mass is 16.6. The van der Waals surface area contributed by atoms with Crippen molar-refractivity contribution < 1.29 is 9.53 Å². The Bertz CT molecular complexity index is 458. The van der Waals surface area contributed by atoms with Crippen molar-refractivity contribution in [3.8, 4) is 0 Å². The summed E-state index contributed by atoms with van der Waals surface area (Å²) >= 11 is 0. The lowest BCUT2D eigenvalue weighted by Gasteiger charge is -2.19. The number of hydrogen-bond donors (Lipinski definition) is 1. The highest BCUT2D eigenvalue weighted by Gasteiger charge is 2.15. The second kappa shape index (κ2) is 6.01. The highest BCUT2D eigenvalue weighted by molar-refractivity contribution is 5.67. The monoisotopic (exact) mass is 247 g/mol. The summed E-state index contributed by atoms with van der Waals surface area (Å²) in [5, 5.41) is 2.65. The quantitative estimate of drug-likeness (QED) is 0.835. The molecule has 5 nitrogen and oxygen atoms in total. The van der Waals surface area contributed by atoms with E-state index in [0.29, 0.717) is 18.8 Å². The Hall–Kier alpha value is -2.09. The van der Waals surface area contributed by atoms with Gasteiger partial charge in [-0.15, -0.1) is 4.98 Å². The fraction of sp³-hybridized carbons (Fsp3) is 0.462. The molecular weight excluding hydrogens is 230 g/mol. The lowest BCUT2D eigenvalue weighted by molar-refractivity contribution is 0.0528. The Kier molecular flexibility index (Phi) is 4.67. The number of carbonyl (C=O) groups excluding carboxylic acids is 1. The summed E-state index contributed by atoms with van der Waals surface area (Å²) in [6, 6.07) is 5.26. The molecule has 0 bridgehead atoms. The maximum Gasteiger partial charge on any atom is 0.407 e. The van der Waals surface area contributed by atoms with Crippen LogP contribution >= 0.6 is 0 Å². The van der Waals surface area contributed by atoms with Gasteiger partial charge < -0.3 is 14.9 Å². The number of nitrogens with one attached hydrogen (secondary N) is 1. The molecule has 96 valence electrons. The zero-order chi connectivity index (χ0) is 13.6. The lowest BCUT2D eigenvalue weighted by atomic mass is 10.2. The topological polar surface area (TPSA) is 55.6 Å². The molecule has 0 aromatic carbocycles. The number of carbonyl (C=O) groups is 1. The standard InChI is InChI=1S/C13H17N3O2/c1-13(2,3)18-12(17)15-9-8-10-6-5-7-11(14-4)16-10/h5-7H,8-9H2,1-3H3,(H,15,17). The molecule has 0 atom stereocenters. The first-order valence-electron chi connectivity index (χ1n) is 5.71. The zero-order valence-corrected chi connectivity index (χ0v) is 10.9. The number of aromatic nitrogens is 1. The summed E-state index contributed by atoms with van der Waals surface area (Å²) in [6.07, 6.45) is 0.131. The van der Waals surface area contributed by atoms with Gasteiger partial charge in [0.2, 0.25) is 0 Å². The third-order valence-corrected chi connectivity index (χ3v) is 1.96. The van der Waals surface area contributed by atoms with Gasteiger partial charge in [0.1, 0.15) is 11.3 Å². The average Bonchev–Trinajstić information content (AvgIpc) is 2.27. The van der Waals surface area contributed by atoms with Crippen LogP contribution in [0.25, 0.3) is 4.85 Å². The number of pyridine rings is 1. The lowest BCUT2D eigenvalue weighted by Crippen LogP contribution is -2.33. The summed E-state index contributed by atoms with van der Waals surface area (Å²) in [7, 11) is 0. The zero-order valence-electron chi connectivity index (χ0n) is 10.9. The number of alkyl carbamates (subject to hydrolysis) is 1. The molecule has 1 N–H and O–H groups in total. The third-order valence-electron chi connectivity index (χ3n) is 1.96. The summed E-state index contributed by atoms with van der Waals surface area (Å²) in [4.78, 5) is 18.7. The molecule has 18 heavy (non-hydrogen) atoms. The van der Waals surface area contributed by atoms with Crippen LogP contribution in [0.1, 0.15) is 26.5 Å². The van der Waals surface area contributed by atoms with Crippen molar-refractivity contribution in [2.75, 3.05) is 6.54 Å². The van der Waals surface area contributed by atoms with E-state index in [4.69, 9.17) is 11.3 Å². The Morgan fingerprint density at radius 2 is 2.22 bits per heavy atom. The largest absolute Gasteiger partial charge is 0.444 e. The maximum absolute atomic E-state index is 11.4. The van der Waals surface area contributed by atoms with Crippen molar-refractivity contribution in [1.82, 2.24) is 10.3 Å². The number of ether oxygens (including phenoxy) is 1. The first-order valence-corrected chi connectivity index (χ1v) is 5.71. The molecule has 1 rings (SSSR count). The number of rotatable bonds is 3. The van der Waals surface area contributed by atoms with Crippen LogP contribution in [0.3, 0.4) is 0 Å². The summed E-state index contributed by atoms with van der Waals surface area (Å²) in [6.45, 7) is 12.7. The van der Waals surface area contributed by atoms with Gasteiger partial charge in [-0.2, -0.15) is 0 Å². The second-order valence-corrected chi connectivity index (χ2v) is 4.78. The first kappa shape index (κ1) is 14.0. The van der Waals surface area contributed by atoms with E-state index in [0.717, 1.165) is 5.69 Å². The fourth-order valence-corrected chi connectivity index (χ4v) is 1.28. The minimum atomic E-state index is -0.494. The van der Waals surface area contributed by atoms with Crippen LogP contribution in [-0.2, 0) is 11.2 Å². The molecule has 0 fully saturated rings. The van der Waals surface area contributed by atoms with Crippen LogP contribution in [0.5, 0.6) is 0 Å². The van der Waals surface area contributed by atoms with Crippen molar-refractivity contribution in [3.05, 3.63) is 35.3 Å². The van der Waals surface area contributed by atoms with E-state index in [9.17, 15) is 4.79 Å². The summed E-state index contributed by atoms with van der Waals surface area (Å²) in [5.74, 6) is 0.366. The minimum Gasteiger partial charge on any atom is -0.444 e. The van der Waals surface area contributed by atoms with Gasteiger partial charge in [0.25, 0.3) is 5.82 Å². The van der Waals surface area contributed by atoms with Crippen molar-refractivity contribution >= 4 is 11.9 Å².